The molecule has 1 aliphatic heterocycles. The topological polar surface area (TPSA) is 69.2 Å². The lowest BCUT2D eigenvalue weighted by Crippen LogP contribution is -2.40. The molecule has 0 radical (unpaired) electrons. The quantitative estimate of drug-likeness (QED) is 0.895. The lowest BCUT2D eigenvalue weighted by atomic mass is 9.86. The highest BCUT2D eigenvalue weighted by molar-refractivity contribution is 5.95. The average molecular weight is 341 g/mol. The summed E-state index contributed by atoms with van der Waals surface area (Å²) in [4.78, 5) is 14.8. The molecule has 2 aromatic rings. The van der Waals surface area contributed by atoms with Crippen LogP contribution in [0.15, 0.2) is 30.3 Å². The zero-order valence-electron chi connectivity index (χ0n) is 15.2. The first-order chi connectivity index (χ1) is 11.8. The monoisotopic (exact) mass is 341 g/mol. The molecular weight excluding hydrogens is 314 g/mol. The molecule has 0 atom stereocenters. The van der Waals surface area contributed by atoms with Gasteiger partial charge in [0.1, 0.15) is 5.69 Å². The highest BCUT2D eigenvalue weighted by Gasteiger charge is 2.29. The Balaban J connectivity index is 1.68. The van der Waals surface area contributed by atoms with Gasteiger partial charge >= 0.3 is 0 Å². The van der Waals surface area contributed by atoms with Crippen molar-refractivity contribution in [3.8, 4) is 11.3 Å². The van der Waals surface area contributed by atoms with E-state index in [9.17, 15) is 9.90 Å². The normalized spacial score (nSPS) is 16.2. The summed E-state index contributed by atoms with van der Waals surface area (Å²) in [6.45, 7) is 7.12. The van der Waals surface area contributed by atoms with Gasteiger partial charge in [-0.1, -0.05) is 30.3 Å². The Kier molecular flexibility index (Phi) is 4.95. The van der Waals surface area contributed by atoms with Crippen LogP contribution in [0.3, 0.4) is 0 Å². The van der Waals surface area contributed by atoms with Crippen LogP contribution in [0.2, 0.25) is 0 Å². The predicted molar refractivity (Wildman–Crippen MR) is 98.3 cm³/mol. The minimum atomic E-state index is -0.638. The van der Waals surface area contributed by atoms with E-state index >= 15 is 0 Å². The van der Waals surface area contributed by atoms with Crippen LogP contribution in [0.4, 0.5) is 0 Å². The standard InChI is InChI=1S/C20H27N3O2/c1-14-17(16-7-5-4-6-8-16)21-22-18(14)19(24)23-11-9-15(10-12-23)13-20(2,3)25/h4-8,15,25H,9-13H2,1-3H3,(H,21,22). The van der Waals surface area contributed by atoms with Gasteiger partial charge in [0.15, 0.2) is 0 Å². The first kappa shape index (κ1) is 17.7. The molecule has 0 unspecified atom stereocenters. The molecule has 3 rings (SSSR count). The van der Waals surface area contributed by atoms with E-state index in [0.29, 0.717) is 11.6 Å². The number of H-pyrrole nitrogens is 1. The summed E-state index contributed by atoms with van der Waals surface area (Å²) in [5, 5.41) is 17.3. The van der Waals surface area contributed by atoms with Crippen LogP contribution in [0.25, 0.3) is 11.3 Å². The smallest absolute Gasteiger partial charge is 0.272 e. The summed E-state index contributed by atoms with van der Waals surface area (Å²) in [7, 11) is 0. The van der Waals surface area contributed by atoms with Gasteiger partial charge in [0.2, 0.25) is 0 Å². The number of aromatic nitrogens is 2. The molecule has 1 aliphatic rings. The summed E-state index contributed by atoms with van der Waals surface area (Å²) in [5.74, 6) is 0.501. The predicted octanol–water partition coefficient (Wildman–Crippen LogP) is 3.40. The number of carbonyl (C=O) groups is 1. The van der Waals surface area contributed by atoms with Gasteiger partial charge in [-0.05, 0) is 46.0 Å². The van der Waals surface area contributed by atoms with Gasteiger partial charge < -0.3 is 10.0 Å². The fourth-order valence-corrected chi connectivity index (χ4v) is 3.69. The summed E-state index contributed by atoms with van der Waals surface area (Å²) in [5.41, 5.74) is 2.69. The van der Waals surface area contributed by atoms with Crippen molar-refractivity contribution in [1.29, 1.82) is 0 Å². The number of nitrogens with one attached hydrogen (secondary N) is 1. The largest absolute Gasteiger partial charge is 0.390 e. The van der Waals surface area contributed by atoms with E-state index in [4.69, 9.17) is 0 Å². The third-order valence-electron chi connectivity index (χ3n) is 4.96. The number of hydrogen-bond acceptors (Lipinski definition) is 3. The molecule has 5 heteroatoms. The number of benzene rings is 1. The number of aliphatic hydroxyl groups is 1. The van der Waals surface area contributed by atoms with Crippen molar-refractivity contribution in [1.82, 2.24) is 15.1 Å². The summed E-state index contributed by atoms with van der Waals surface area (Å²) < 4.78 is 0. The van der Waals surface area contributed by atoms with Crippen molar-refractivity contribution >= 4 is 5.91 Å². The van der Waals surface area contributed by atoms with Gasteiger partial charge in [0.05, 0.1) is 11.3 Å². The van der Waals surface area contributed by atoms with Gasteiger partial charge in [0.25, 0.3) is 5.91 Å². The minimum absolute atomic E-state index is 0.0221. The van der Waals surface area contributed by atoms with E-state index in [1.54, 1.807) is 0 Å². The molecule has 2 N–H and O–H groups in total. The van der Waals surface area contributed by atoms with E-state index in [-0.39, 0.29) is 5.91 Å². The van der Waals surface area contributed by atoms with Gasteiger partial charge in [-0.3, -0.25) is 9.89 Å². The number of piperidine rings is 1. The molecule has 5 nitrogen and oxygen atoms in total. The Morgan fingerprint density at radius 3 is 2.52 bits per heavy atom. The maximum absolute atomic E-state index is 12.9. The molecule has 0 saturated carbocycles. The van der Waals surface area contributed by atoms with Gasteiger partial charge in [0, 0.05) is 24.2 Å². The third kappa shape index (κ3) is 4.10. The van der Waals surface area contributed by atoms with Crippen LogP contribution in [0.5, 0.6) is 0 Å². The molecule has 1 saturated heterocycles. The van der Waals surface area contributed by atoms with Crippen molar-refractivity contribution in [2.45, 2.75) is 45.6 Å². The first-order valence-electron chi connectivity index (χ1n) is 8.97. The van der Waals surface area contributed by atoms with Crippen molar-refractivity contribution < 1.29 is 9.90 Å². The van der Waals surface area contributed by atoms with Crippen molar-refractivity contribution in [2.24, 2.45) is 5.92 Å². The number of likely N-dealkylation sites (tertiary alicyclic amines) is 1. The Morgan fingerprint density at radius 1 is 1.28 bits per heavy atom. The van der Waals surface area contributed by atoms with Crippen molar-refractivity contribution in [3.63, 3.8) is 0 Å². The van der Waals surface area contributed by atoms with Crippen LogP contribution in [-0.4, -0.2) is 44.8 Å². The van der Waals surface area contributed by atoms with Crippen LogP contribution in [-0.2, 0) is 0 Å². The SMILES string of the molecule is Cc1c(-c2ccccc2)n[nH]c1C(=O)N1CCC(CC(C)(C)O)CC1. The Bertz CT molecular complexity index is 723. The number of aromatic amines is 1. The zero-order chi connectivity index (χ0) is 18.0. The van der Waals surface area contributed by atoms with Crippen LogP contribution >= 0.6 is 0 Å². The second-order valence-corrected chi connectivity index (χ2v) is 7.69. The van der Waals surface area contributed by atoms with E-state index in [2.05, 4.69) is 10.2 Å². The molecule has 0 bridgehead atoms. The van der Waals surface area contributed by atoms with Crippen molar-refractivity contribution in [3.05, 3.63) is 41.6 Å². The Labute approximate surface area is 149 Å². The first-order valence-corrected chi connectivity index (χ1v) is 8.97. The highest BCUT2D eigenvalue weighted by atomic mass is 16.3. The molecule has 1 amide bonds. The number of rotatable bonds is 4. The number of carbonyl (C=O) groups excluding carboxylic acids is 1. The summed E-state index contributed by atoms with van der Waals surface area (Å²) >= 11 is 0. The number of nitrogens with zero attached hydrogens (tertiary/aromatic N) is 2. The molecule has 0 spiro atoms. The van der Waals surface area contributed by atoms with Crippen LogP contribution in [0, 0.1) is 12.8 Å². The Hall–Kier alpha value is -2.14. The molecule has 134 valence electrons. The summed E-state index contributed by atoms with van der Waals surface area (Å²) in [6.07, 6.45) is 2.67. The average Bonchev–Trinajstić information content (AvgIpc) is 2.96. The maximum atomic E-state index is 12.9. The molecule has 2 heterocycles. The third-order valence-corrected chi connectivity index (χ3v) is 4.96. The van der Waals surface area contributed by atoms with Gasteiger partial charge in [-0.15, -0.1) is 0 Å². The van der Waals surface area contributed by atoms with Crippen molar-refractivity contribution in [2.75, 3.05) is 13.1 Å². The van der Waals surface area contributed by atoms with Crippen LogP contribution < -0.4 is 0 Å². The second-order valence-electron chi connectivity index (χ2n) is 7.69. The van der Waals surface area contributed by atoms with Gasteiger partial charge in [-0.25, -0.2) is 0 Å². The molecule has 1 aromatic heterocycles. The van der Waals surface area contributed by atoms with E-state index < -0.39 is 5.60 Å². The zero-order valence-corrected chi connectivity index (χ0v) is 15.2. The second kappa shape index (κ2) is 7.00. The molecule has 1 aromatic carbocycles. The lowest BCUT2D eigenvalue weighted by Gasteiger charge is -2.34. The van der Waals surface area contributed by atoms with E-state index in [0.717, 1.165) is 49.2 Å². The molecule has 1 fully saturated rings. The summed E-state index contributed by atoms with van der Waals surface area (Å²) in [6, 6.07) is 9.91. The fraction of sp³-hybridized carbons (Fsp3) is 0.500. The van der Waals surface area contributed by atoms with Gasteiger partial charge in [-0.2, -0.15) is 5.10 Å². The van der Waals surface area contributed by atoms with Crippen LogP contribution in [0.1, 0.15) is 49.2 Å². The number of amides is 1. The van der Waals surface area contributed by atoms with E-state index in [1.807, 2.05) is 56.0 Å². The number of hydrogen-bond donors (Lipinski definition) is 2. The highest BCUT2D eigenvalue weighted by Crippen LogP contribution is 2.28. The Morgan fingerprint density at radius 2 is 1.92 bits per heavy atom. The molecule has 0 aliphatic carbocycles. The fourth-order valence-electron chi connectivity index (χ4n) is 3.69. The molecular formula is C20H27N3O2. The van der Waals surface area contributed by atoms with E-state index in [1.165, 1.54) is 0 Å². The minimum Gasteiger partial charge on any atom is -0.390 e. The maximum Gasteiger partial charge on any atom is 0.272 e. The molecule has 25 heavy (non-hydrogen) atoms. The lowest BCUT2D eigenvalue weighted by molar-refractivity contribution is 0.0356.